The van der Waals surface area contributed by atoms with Crippen LogP contribution in [0.5, 0.6) is 0 Å². The van der Waals surface area contributed by atoms with Gasteiger partial charge in [0.1, 0.15) is 11.4 Å². The van der Waals surface area contributed by atoms with Gasteiger partial charge in [0.2, 0.25) is 0 Å². The Labute approximate surface area is 134 Å². The predicted molar refractivity (Wildman–Crippen MR) is 79.4 cm³/mol. The highest BCUT2D eigenvalue weighted by Crippen LogP contribution is 2.49. The van der Waals surface area contributed by atoms with Crippen LogP contribution in [0.25, 0.3) is 0 Å². The lowest BCUT2D eigenvalue weighted by atomic mass is 9.62. The van der Waals surface area contributed by atoms with Crippen LogP contribution < -0.4 is 0 Å². The molecule has 0 bridgehead atoms. The molecule has 1 unspecified atom stereocenters. The molecule has 130 valence electrons. The summed E-state index contributed by atoms with van der Waals surface area (Å²) in [5, 5.41) is 0. The molecular weight excluding hydrogens is 306 g/mol. The maximum absolute atomic E-state index is 14.5. The van der Waals surface area contributed by atoms with Crippen molar-refractivity contribution in [3.05, 3.63) is 0 Å². The first-order valence-electron chi connectivity index (χ1n) is 8.11. The molecule has 1 aliphatic carbocycles. The molecule has 23 heavy (non-hydrogen) atoms. The summed E-state index contributed by atoms with van der Waals surface area (Å²) in [7, 11) is 0. The normalized spacial score (nSPS) is 29.9. The Bertz CT molecular complexity index is 514. The van der Waals surface area contributed by atoms with Crippen molar-refractivity contribution in [1.82, 2.24) is 9.80 Å². The van der Waals surface area contributed by atoms with E-state index in [1.165, 1.54) is 0 Å². The summed E-state index contributed by atoms with van der Waals surface area (Å²) < 4.78 is 34.1. The third-order valence-electron chi connectivity index (χ3n) is 4.88. The van der Waals surface area contributed by atoms with E-state index in [1.54, 1.807) is 25.7 Å². The molecule has 0 aromatic rings. The number of ketones is 1. The summed E-state index contributed by atoms with van der Waals surface area (Å²) in [4.78, 5) is 26.0. The average molecular weight is 330 g/mol. The number of rotatable bonds is 1. The molecule has 7 heteroatoms. The molecule has 2 saturated heterocycles. The number of piperidine rings is 1. The fourth-order valence-corrected chi connectivity index (χ4v) is 3.90. The van der Waals surface area contributed by atoms with Crippen molar-refractivity contribution in [2.24, 2.45) is 5.41 Å². The van der Waals surface area contributed by atoms with Gasteiger partial charge in [0.25, 0.3) is 5.92 Å². The Morgan fingerprint density at radius 2 is 1.83 bits per heavy atom. The van der Waals surface area contributed by atoms with Crippen LogP contribution in [-0.4, -0.2) is 65.4 Å². The zero-order chi connectivity index (χ0) is 17.0. The van der Waals surface area contributed by atoms with Crippen molar-refractivity contribution < 1.29 is 23.1 Å². The number of nitrogens with zero attached hydrogens (tertiary/aromatic N) is 2. The van der Waals surface area contributed by atoms with Crippen LogP contribution in [0.3, 0.4) is 0 Å². The number of ether oxygens (including phenoxy) is 1. The zero-order valence-electron chi connectivity index (χ0n) is 13.9. The van der Waals surface area contributed by atoms with Gasteiger partial charge in [-0.15, -0.1) is 0 Å². The fraction of sp³-hybridized carbons (Fsp3) is 0.875. The molecule has 1 spiro atoms. The van der Waals surface area contributed by atoms with Gasteiger partial charge >= 0.3 is 6.09 Å². The molecule has 3 rings (SSSR count). The van der Waals surface area contributed by atoms with Crippen molar-refractivity contribution in [3.8, 4) is 0 Å². The largest absolute Gasteiger partial charge is 0.444 e. The van der Waals surface area contributed by atoms with E-state index in [4.69, 9.17) is 4.74 Å². The molecule has 2 aliphatic heterocycles. The Kier molecular flexibility index (Phi) is 3.70. The van der Waals surface area contributed by atoms with Gasteiger partial charge in [0.05, 0.1) is 12.6 Å². The number of likely N-dealkylation sites (tertiary alicyclic amines) is 2. The van der Waals surface area contributed by atoms with Crippen LogP contribution in [0.4, 0.5) is 13.6 Å². The molecular formula is C16H24F2N2O3. The topological polar surface area (TPSA) is 49.9 Å². The first-order valence-corrected chi connectivity index (χ1v) is 8.11. The first-order chi connectivity index (χ1) is 10.5. The zero-order valence-corrected chi connectivity index (χ0v) is 13.9. The second-order valence-electron chi connectivity index (χ2n) is 8.26. The number of hydrogen-bond acceptors (Lipinski definition) is 4. The van der Waals surface area contributed by atoms with Crippen molar-refractivity contribution in [2.45, 2.75) is 57.6 Å². The minimum absolute atomic E-state index is 0.0323. The van der Waals surface area contributed by atoms with Gasteiger partial charge in [0, 0.05) is 37.9 Å². The fourth-order valence-electron chi connectivity index (χ4n) is 3.90. The highest BCUT2D eigenvalue weighted by Gasteiger charge is 2.58. The molecule has 1 amide bonds. The minimum Gasteiger partial charge on any atom is -0.444 e. The van der Waals surface area contributed by atoms with Crippen LogP contribution in [-0.2, 0) is 9.53 Å². The molecule has 0 aromatic heterocycles. The maximum atomic E-state index is 14.5. The van der Waals surface area contributed by atoms with E-state index < -0.39 is 30.2 Å². The van der Waals surface area contributed by atoms with E-state index in [0.717, 1.165) is 4.90 Å². The Morgan fingerprint density at radius 1 is 1.22 bits per heavy atom. The summed E-state index contributed by atoms with van der Waals surface area (Å²) in [6.45, 7) is 5.98. The van der Waals surface area contributed by atoms with Crippen molar-refractivity contribution in [2.75, 3.05) is 26.2 Å². The molecule has 1 atom stereocenters. The van der Waals surface area contributed by atoms with Crippen molar-refractivity contribution in [3.63, 3.8) is 0 Å². The van der Waals surface area contributed by atoms with Gasteiger partial charge in [-0.2, -0.15) is 0 Å². The second kappa shape index (κ2) is 5.13. The Morgan fingerprint density at radius 3 is 2.30 bits per heavy atom. The highest BCUT2D eigenvalue weighted by molar-refractivity contribution is 5.86. The SMILES string of the molecule is CC(C)(C)OC(=O)N1CCC(N2CC3(CC(=O)C3)C2)C(F)(F)C1. The van der Waals surface area contributed by atoms with Gasteiger partial charge in [-0.05, 0) is 27.2 Å². The first kappa shape index (κ1) is 16.6. The van der Waals surface area contributed by atoms with Crippen LogP contribution in [0.15, 0.2) is 0 Å². The summed E-state index contributed by atoms with van der Waals surface area (Å²) in [6, 6.07) is -0.845. The average Bonchev–Trinajstić information content (AvgIpc) is 2.29. The molecule has 1 saturated carbocycles. The van der Waals surface area contributed by atoms with E-state index in [9.17, 15) is 18.4 Å². The van der Waals surface area contributed by atoms with E-state index in [-0.39, 0.29) is 24.2 Å². The molecule has 0 aromatic carbocycles. The Hall–Kier alpha value is -1.24. The van der Waals surface area contributed by atoms with E-state index in [1.807, 2.05) is 0 Å². The number of Topliss-reactive ketones (excluding diaryl/α,β-unsaturated/α-hetero) is 1. The van der Waals surface area contributed by atoms with E-state index in [2.05, 4.69) is 0 Å². The Balaban J connectivity index is 1.56. The number of alkyl halides is 2. The molecule has 3 aliphatic rings. The van der Waals surface area contributed by atoms with Crippen LogP contribution >= 0.6 is 0 Å². The van der Waals surface area contributed by atoms with E-state index in [0.29, 0.717) is 25.9 Å². The number of halogens is 2. The number of amides is 1. The summed E-state index contributed by atoms with van der Waals surface area (Å²) in [5.41, 5.74) is -0.723. The highest BCUT2D eigenvalue weighted by atomic mass is 19.3. The lowest BCUT2D eigenvalue weighted by Crippen LogP contribution is -2.70. The van der Waals surface area contributed by atoms with Crippen LogP contribution in [0, 0.1) is 5.41 Å². The second-order valence-corrected chi connectivity index (χ2v) is 8.26. The van der Waals surface area contributed by atoms with Gasteiger partial charge in [0.15, 0.2) is 0 Å². The van der Waals surface area contributed by atoms with Crippen LogP contribution in [0.2, 0.25) is 0 Å². The number of carbonyl (C=O) groups is 2. The number of carbonyl (C=O) groups excluding carboxylic acids is 2. The van der Waals surface area contributed by atoms with Crippen LogP contribution in [0.1, 0.15) is 40.0 Å². The maximum Gasteiger partial charge on any atom is 0.410 e. The quantitative estimate of drug-likeness (QED) is 0.740. The summed E-state index contributed by atoms with van der Waals surface area (Å²) in [6.07, 6.45) is 0.619. The summed E-state index contributed by atoms with van der Waals surface area (Å²) in [5.74, 6) is -2.72. The predicted octanol–water partition coefficient (Wildman–Crippen LogP) is 2.30. The summed E-state index contributed by atoms with van der Waals surface area (Å²) >= 11 is 0. The molecule has 2 heterocycles. The van der Waals surface area contributed by atoms with Crippen molar-refractivity contribution >= 4 is 11.9 Å². The molecule has 5 nitrogen and oxygen atoms in total. The van der Waals surface area contributed by atoms with Crippen molar-refractivity contribution in [1.29, 1.82) is 0 Å². The molecule has 0 radical (unpaired) electrons. The third-order valence-corrected chi connectivity index (χ3v) is 4.88. The van der Waals surface area contributed by atoms with Gasteiger partial charge < -0.3 is 9.64 Å². The van der Waals surface area contributed by atoms with Gasteiger partial charge in [-0.3, -0.25) is 9.69 Å². The minimum atomic E-state index is -2.95. The molecule has 3 fully saturated rings. The third kappa shape index (κ3) is 3.20. The smallest absolute Gasteiger partial charge is 0.410 e. The van der Waals surface area contributed by atoms with Gasteiger partial charge in [-0.25, -0.2) is 13.6 Å². The monoisotopic (exact) mass is 330 g/mol. The number of hydrogen-bond donors (Lipinski definition) is 0. The lowest BCUT2D eigenvalue weighted by molar-refractivity contribution is -0.182. The van der Waals surface area contributed by atoms with Gasteiger partial charge in [-0.1, -0.05) is 0 Å². The molecule has 0 N–H and O–H groups in total. The lowest BCUT2D eigenvalue weighted by Gasteiger charge is -2.59. The van der Waals surface area contributed by atoms with E-state index >= 15 is 0 Å². The standard InChI is InChI=1S/C16H24F2N2O3/c1-14(2,3)23-13(22)19-5-4-12(16(17,18)10-19)20-8-15(9-20)6-11(21)7-15/h12H,4-10H2,1-3H3.